The van der Waals surface area contributed by atoms with Crippen molar-refractivity contribution in [1.82, 2.24) is 14.8 Å². The number of thiocarbonyl (C=S) groups is 1. The van der Waals surface area contributed by atoms with Crippen molar-refractivity contribution in [3.05, 3.63) is 29.6 Å². The first kappa shape index (κ1) is 13.4. The Morgan fingerprint density at radius 3 is 3.00 bits per heavy atom. The average Bonchev–Trinajstić information content (AvgIpc) is 2.55. The molecule has 5 heteroatoms. The molecular weight excluding hydrogens is 244 g/mol. The first-order valence-corrected chi connectivity index (χ1v) is 6.71. The van der Waals surface area contributed by atoms with Crippen molar-refractivity contribution in [1.29, 1.82) is 0 Å². The largest absolute Gasteiger partial charge is 0.388 e. The molecule has 98 valence electrons. The third-order valence-corrected chi connectivity index (χ3v) is 3.50. The molecule has 1 aliphatic rings. The first-order chi connectivity index (χ1) is 8.65. The Kier molecular flexibility index (Phi) is 4.63. The molecule has 0 radical (unpaired) electrons. The van der Waals surface area contributed by atoms with Crippen molar-refractivity contribution in [2.45, 2.75) is 13.0 Å². The molecule has 0 saturated carbocycles. The fourth-order valence-corrected chi connectivity index (χ4v) is 2.34. The fraction of sp³-hybridized carbons (Fsp3) is 0.538. The Labute approximate surface area is 114 Å². The zero-order chi connectivity index (χ0) is 13.0. The van der Waals surface area contributed by atoms with E-state index in [4.69, 9.17) is 18.0 Å². The number of nitrogens with two attached hydrogens (primary N) is 1. The van der Waals surface area contributed by atoms with Gasteiger partial charge in [0.25, 0.3) is 0 Å². The van der Waals surface area contributed by atoms with E-state index >= 15 is 0 Å². The highest BCUT2D eigenvalue weighted by atomic mass is 32.1. The third-order valence-electron chi connectivity index (χ3n) is 3.30. The summed E-state index contributed by atoms with van der Waals surface area (Å²) < 4.78 is 0. The summed E-state index contributed by atoms with van der Waals surface area (Å²) in [6, 6.07) is 4.04. The molecule has 2 N–H and O–H groups in total. The van der Waals surface area contributed by atoms with Crippen LogP contribution < -0.4 is 5.73 Å². The number of pyridine rings is 1. The van der Waals surface area contributed by atoms with Gasteiger partial charge in [-0.25, -0.2) is 0 Å². The summed E-state index contributed by atoms with van der Waals surface area (Å²) in [5.74, 6) is 0. The van der Waals surface area contributed by atoms with E-state index in [1.807, 2.05) is 12.1 Å². The van der Waals surface area contributed by atoms with Crippen LogP contribution >= 0.6 is 12.2 Å². The fourth-order valence-electron chi connectivity index (χ4n) is 2.22. The molecule has 1 aromatic rings. The van der Waals surface area contributed by atoms with Crippen molar-refractivity contribution in [3.8, 4) is 0 Å². The van der Waals surface area contributed by atoms with E-state index in [-0.39, 0.29) is 0 Å². The second-order valence-corrected chi connectivity index (χ2v) is 5.29. The van der Waals surface area contributed by atoms with Crippen LogP contribution in [0.3, 0.4) is 0 Å². The number of nitrogens with zero attached hydrogens (tertiary/aromatic N) is 3. The van der Waals surface area contributed by atoms with Crippen molar-refractivity contribution in [3.63, 3.8) is 0 Å². The van der Waals surface area contributed by atoms with Gasteiger partial charge in [-0.3, -0.25) is 9.88 Å². The summed E-state index contributed by atoms with van der Waals surface area (Å²) in [6.07, 6.45) is 3.01. The second kappa shape index (κ2) is 6.22. The lowest BCUT2D eigenvalue weighted by Gasteiger charge is -2.20. The SMILES string of the molecule is CN1CCCN(Cc2ccnc(C(N)=S)c2)CC1. The highest BCUT2D eigenvalue weighted by Crippen LogP contribution is 2.09. The Bertz CT molecular complexity index is 421. The quantitative estimate of drug-likeness (QED) is 0.820. The van der Waals surface area contributed by atoms with Crippen LogP contribution in [0, 0.1) is 0 Å². The van der Waals surface area contributed by atoms with Gasteiger partial charge in [0.1, 0.15) is 4.99 Å². The second-order valence-electron chi connectivity index (χ2n) is 4.85. The minimum Gasteiger partial charge on any atom is -0.388 e. The average molecular weight is 264 g/mol. The predicted octanol–water partition coefficient (Wildman–Crippen LogP) is 0.853. The molecule has 1 aliphatic heterocycles. The summed E-state index contributed by atoms with van der Waals surface area (Å²) in [5, 5.41) is 0. The molecule has 1 fully saturated rings. The molecule has 0 aromatic carbocycles. The highest BCUT2D eigenvalue weighted by molar-refractivity contribution is 7.80. The van der Waals surface area contributed by atoms with E-state index in [0.717, 1.165) is 31.9 Å². The Morgan fingerprint density at radius 2 is 2.22 bits per heavy atom. The maximum atomic E-state index is 5.61. The molecule has 0 unspecified atom stereocenters. The number of hydrogen-bond donors (Lipinski definition) is 1. The Balaban J connectivity index is 2.00. The van der Waals surface area contributed by atoms with Gasteiger partial charge in [0.2, 0.25) is 0 Å². The summed E-state index contributed by atoms with van der Waals surface area (Å²) in [4.78, 5) is 9.39. The number of hydrogen-bond acceptors (Lipinski definition) is 4. The summed E-state index contributed by atoms with van der Waals surface area (Å²) >= 11 is 4.96. The van der Waals surface area contributed by atoms with Gasteiger partial charge in [-0.05, 0) is 44.3 Å². The van der Waals surface area contributed by atoms with Gasteiger partial charge in [0.05, 0.1) is 5.69 Å². The van der Waals surface area contributed by atoms with Crippen LogP contribution in [0.5, 0.6) is 0 Å². The molecule has 0 bridgehead atoms. The van der Waals surface area contributed by atoms with Crippen molar-refractivity contribution in [2.75, 3.05) is 33.2 Å². The molecule has 18 heavy (non-hydrogen) atoms. The van der Waals surface area contributed by atoms with Gasteiger partial charge in [0.15, 0.2) is 0 Å². The summed E-state index contributed by atoms with van der Waals surface area (Å²) in [6.45, 7) is 5.53. The zero-order valence-electron chi connectivity index (χ0n) is 10.8. The van der Waals surface area contributed by atoms with E-state index in [1.54, 1.807) is 6.20 Å². The van der Waals surface area contributed by atoms with Crippen molar-refractivity contribution in [2.24, 2.45) is 5.73 Å². The molecule has 1 aromatic heterocycles. The van der Waals surface area contributed by atoms with Gasteiger partial charge in [-0.1, -0.05) is 12.2 Å². The van der Waals surface area contributed by atoms with Crippen LogP contribution in [0.15, 0.2) is 18.3 Å². The highest BCUT2D eigenvalue weighted by Gasteiger charge is 2.12. The predicted molar refractivity (Wildman–Crippen MR) is 77.5 cm³/mol. The van der Waals surface area contributed by atoms with Crippen LogP contribution in [-0.4, -0.2) is 53.0 Å². The van der Waals surface area contributed by atoms with Crippen LogP contribution in [-0.2, 0) is 6.54 Å². The lowest BCUT2D eigenvalue weighted by molar-refractivity contribution is 0.269. The van der Waals surface area contributed by atoms with Gasteiger partial charge in [0, 0.05) is 25.8 Å². The molecule has 0 atom stereocenters. The summed E-state index contributed by atoms with van der Waals surface area (Å²) in [7, 11) is 2.18. The normalized spacial score (nSPS) is 18.5. The molecular formula is C13H20N4S. The maximum absolute atomic E-state index is 5.61. The zero-order valence-corrected chi connectivity index (χ0v) is 11.6. The maximum Gasteiger partial charge on any atom is 0.122 e. The molecule has 0 aliphatic carbocycles. The van der Waals surface area contributed by atoms with Crippen LogP contribution in [0.4, 0.5) is 0 Å². The van der Waals surface area contributed by atoms with E-state index in [0.29, 0.717) is 4.99 Å². The van der Waals surface area contributed by atoms with Gasteiger partial charge in [-0.2, -0.15) is 0 Å². The van der Waals surface area contributed by atoms with Gasteiger partial charge in [-0.15, -0.1) is 0 Å². The first-order valence-electron chi connectivity index (χ1n) is 6.31. The summed E-state index contributed by atoms with van der Waals surface area (Å²) in [5.41, 5.74) is 7.56. The van der Waals surface area contributed by atoms with E-state index in [2.05, 4.69) is 21.8 Å². The number of likely N-dealkylation sites (N-methyl/N-ethyl adjacent to an activating group) is 1. The van der Waals surface area contributed by atoms with Gasteiger partial charge >= 0.3 is 0 Å². The standard InChI is InChI=1S/C13H20N4S/c1-16-5-2-6-17(8-7-16)10-11-3-4-15-12(9-11)13(14)18/h3-4,9H,2,5-8,10H2,1H3,(H2,14,18). The van der Waals surface area contributed by atoms with E-state index in [9.17, 15) is 0 Å². The van der Waals surface area contributed by atoms with Gasteiger partial charge < -0.3 is 10.6 Å². The van der Waals surface area contributed by atoms with E-state index < -0.39 is 0 Å². The molecule has 1 saturated heterocycles. The van der Waals surface area contributed by atoms with Crippen LogP contribution in [0.1, 0.15) is 17.7 Å². The topological polar surface area (TPSA) is 45.4 Å². The van der Waals surface area contributed by atoms with E-state index in [1.165, 1.54) is 18.5 Å². The lowest BCUT2D eigenvalue weighted by atomic mass is 10.2. The smallest absolute Gasteiger partial charge is 0.122 e. The number of aromatic nitrogens is 1. The monoisotopic (exact) mass is 264 g/mol. The minimum atomic E-state index is 0.368. The molecule has 0 spiro atoms. The molecule has 2 heterocycles. The lowest BCUT2D eigenvalue weighted by Crippen LogP contribution is -2.28. The molecule has 2 rings (SSSR count). The number of rotatable bonds is 3. The molecule has 4 nitrogen and oxygen atoms in total. The van der Waals surface area contributed by atoms with Crippen LogP contribution in [0.2, 0.25) is 0 Å². The van der Waals surface area contributed by atoms with Crippen molar-refractivity contribution >= 4 is 17.2 Å². The third kappa shape index (κ3) is 3.73. The van der Waals surface area contributed by atoms with Crippen molar-refractivity contribution < 1.29 is 0 Å². The van der Waals surface area contributed by atoms with Crippen LogP contribution in [0.25, 0.3) is 0 Å². The minimum absolute atomic E-state index is 0.368. The molecule has 0 amide bonds. The Hall–Kier alpha value is -1.04. The Morgan fingerprint density at radius 1 is 1.39 bits per heavy atom.